The molecule has 0 aliphatic carbocycles. The molecule has 0 spiro atoms. The van der Waals surface area contributed by atoms with Crippen LogP contribution < -0.4 is 10.6 Å². The number of hydrogen-bond donors (Lipinski definition) is 0. The van der Waals surface area contributed by atoms with Crippen LogP contribution in [0, 0.1) is 13.8 Å². The van der Waals surface area contributed by atoms with Gasteiger partial charge in [0.25, 0.3) is 0 Å². The van der Waals surface area contributed by atoms with Crippen LogP contribution in [0.25, 0.3) is 0 Å². The molecule has 0 radical (unpaired) electrons. The molecule has 0 aliphatic rings. The summed E-state index contributed by atoms with van der Waals surface area (Å²) >= 11 is 0. The molecule has 1 nitrogen and oxygen atoms in total. The minimum absolute atomic E-state index is 0.0756. The van der Waals surface area contributed by atoms with Crippen molar-refractivity contribution in [3.05, 3.63) is 95.1 Å². The number of rotatable bonds is 4. The van der Waals surface area contributed by atoms with Crippen LogP contribution in [0.2, 0.25) is 0 Å². The molecule has 0 N–H and O–H groups in total. The molecule has 0 atom stereocenters. The lowest BCUT2D eigenvalue weighted by Gasteiger charge is -2.25. The predicted molar refractivity (Wildman–Crippen MR) is 118 cm³/mol. The fourth-order valence-corrected chi connectivity index (χ4v) is 5.31. The Morgan fingerprint density at radius 3 is 1.59 bits per heavy atom. The SMILES string of the molecule is Cc1ccc(P(C(=O)c2ccccc2C(C)(C)C)c2ccc(C)cc2)cc1. The predicted octanol–water partition coefficient (Wildman–Crippen LogP) is 5.87. The van der Waals surface area contributed by atoms with Gasteiger partial charge in [0.15, 0.2) is 5.52 Å². The highest BCUT2D eigenvalue weighted by Crippen LogP contribution is 2.40. The molecule has 0 fully saturated rings. The summed E-state index contributed by atoms with van der Waals surface area (Å²) in [6.07, 6.45) is 0. The van der Waals surface area contributed by atoms with E-state index in [2.05, 4.69) is 89.2 Å². The summed E-state index contributed by atoms with van der Waals surface area (Å²) < 4.78 is 0. The summed E-state index contributed by atoms with van der Waals surface area (Å²) in [4.78, 5) is 13.8. The lowest BCUT2D eigenvalue weighted by atomic mass is 9.84. The fraction of sp³-hybridized carbons (Fsp3) is 0.240. The van der Waals surface area contributed by atoms with Crippen molar-refractivity contribution in [1.29, 1.82) is 0 Å². The molecular weight excluding hydrogens is 347 g/mol. The van der Waals surface area contributed by atoms with Crippen LogP contribution in [-0.2, 0) is 5.41 Å². The van der Waals surface area contributed by atoms with Crippen molar-refractivity contribution in [2.24, 2.45) is 0 Å². The van der Waals surface area contributed by atoms with Gasteiger partial charge in [-0.05, 0) is 35.4 Å². The van der Waals surface area contributed by atoms with E-state index >= 15 is 0 Å². The Kier molecular flexibility index (Phi) is 5.63. The average molecular weight is 374 g/mol. The Labute approximate surface area is 164 Å². The van der Waals surface area contributed by atoms with Gasteiger partial charge in [-0.2, -0.15) is 0 Å². The minimum atomic E-state index is -1.12. The number of hydrogen-bond acceptors (Lipinski definition) is 1. The molecule has 0 aliphatic heterocycles. The third-order valence-electron chi connectivity index (χ3n) is 4.75. The summed E-state index contributed by atoms with van der Waals surface area (Å²) in [5.41, 5.74) is 4.52. The zero-order chi connectivity index (χ0) is 19.6. The van der Waals surface area contributed by atoms with E-state index in [-0.39, 0.29) is 10.9 Å². The highest BCUT2D eigenvalue weighted by atomic mass is 31.1. The molecule has 0 bridgehead atoms. The normalized spacial score (nSPS) is 11.6. The first-order valence-electron chi connectivity index (χ1n) is 9.35. The Morgan fingerprint density at radius 2 is 1.15 bits per heavy atom. The van der Waals surface area contributed by atoms with E-state index in [1.165, 1.54) is 11.1 Å². The number of aryl methyl sites for hydroxylation is 2. The van der Waals surface area contributed by atoms with Crippen molar-refractivity contribution < 1.29 is 4.79 Å². The van der Waals surface area contributed by atoms with Gasteiger partial charge in [0.1, 0.15) is 0 Å². The van der Waals surface area contributed by atoms with Crippen molar-refractivity contribution in [2.45, 2.75) is 40.0 Å². The van der Waals surface area contributed by atoms with Gasteiger partial charge in [-0.1, -0.05) is 105 Å². The van der Waals surface area contributed by atoms with Crippen LogP contribution in [0.1, 0.15) is 47.8 Å². The molecule has 138 valence electrons. The topological polar surface area (TPSA) is 17.1 Å². The number of carbonyl (C=O) groups is 1. The molecule has 0 amide bonds. The van der Waals surface area contributed by atoms with E-state index in [9.17, 15) is 4.79 Å². The Balaban J connectivity index is 2.15. The van der Waals surface area contributed by atoms with Gasteiger partial charge in [0, 0.05) is 13.5 Å². The van der Waals surface area contributed by atoms with E-state index in [0.29, 0.717) is 0 Å². The molecule has 3 rings (SSSR count). The van der Waals surface area contributed by atoms with Gasteiger partial charge in [-0.3, -0.25) is 4.79 Å². The van der Waals surface area contributed by atoms with E-state index in [4.69, 9.17) is 0 Å². The molecule has 3 aromatic rings. The van der Waals surface area contributed by atoms with Crippen LogP contribution in [0.3, 0.4) is 0 Å². The highest BCUT2D eigenvalue weighted by Gasteiger charge is 2.28. The summed E-state index contributed by atoms with van der Waals surface area (Å²) in [6, 6.07) is 24.9. The lowest BCUT2D eigenvalue weighted by Crippen LogP contribution is -2.22. The van der Waals surface area contributed by atoms with Crippen molar-refractivity contribution in [1.82, 2.24) is 0 Å². The zero-order valence-corrected chi connectivity index (χ0v) is 17.7. The van der Waals surface area contributed by atoms with Crippen LogP contribution in [-0.4, -0.2) is 5.52 Å². The maximum atomic E-state index is 13.8. The summed E-state index contributed by atoms with van der Waals surface area (Å²) in [6.45, 7) is 10.7. The summed E-state index contributed by atoms with van der Waals surface area (Å²) in [5, 5.41) is 2.21. The van der Waals surface area contributed by atoms with E-state index in [1.807, 2.05) is 18.2 Å². The van der Waals surface area contributed by atoms with E-state index < -0.39 is 7.92 Å². The Bertz CT molecular complexity index is 886. The van der Waals surface area contributed by atoms with Gasteiger partial charge >= 0.3 is 0 Å². The van der Waals surface area contributed by atoms with Crippen LogP contribution in [0.4, 0.5) is 0 Å². The largest absolute Gasteiger partial charge is 0.288 e. The molecule has 0 aromatic heterocycles. The minimum Gasteiger partial charge on any atom is -0.288 e. The first kappa shape index (κ1) is 19.5. The quantitative estimate of drug-likeness (QED) is 0.522. The average Bonchev–Trinajstić information content (AvgIpc) is 2.64. The first-order chi connectivity index (χ1) is 12.8. The summed E-state index contributed by atoms with van der Waals surface area (Å²) in [5.74, 6) is 0. The monoisotopic (exact) mass is 374 g/mol. The van der Waals surface area contributed by atoms with E-state index in [1.54, 1.807) is 0 Å². The molecule has 0 unspecified atom stereocenters. The summed E-state index contributed by atoms with van der Waals surface area (Å²) in [7, 11) is -1.12. The fourth-order valence-electron chi connectivity index (χ4n) is 3.22. The molecule has 0 saturated carbocycles. The second-order valence-electron chi connectivity index (χ2n) is 8.11. The van der Waals surface area contributed by atoms with Crippen LogP contribution in [0.5, 0.6) is 0 Å². The Morgan fingerprint density at radius 1 is 0.704 bits per heavy atom. The standard InChI is InChI=1S/C25H27OP/c1-18-10-14-20(15-11-18)27(21-16-12-19(2)13-17-21)24(26)22-8-6-7-9-23(22)25(3,4)5/h6-17H,1-5H3. The second kappa shape index (κ2) is 7.79. The first-order valence-corrected chi connectivity index (χ1v) is 10.7. The van der Waals surface area contributed by atoms with Gasteiger partial charge < -0.3 is 0 Å². The maximum Gasteiger partial charge on any atom is 0.193 e. The lowest BCUT2D eigenvalue weighted by molar-refractivity contribution is 0.108. The highest BCUT2D eigenvalue weighted by molar-refractivity contribution is 7.88. The van der Waals surface area contributed by atoms with Crippen LogP contribution in [0.15, 0.2) is 72.8 Å². The van der Waals surface area contributed by atoms with Crippen molar-refractivity contribution in [3.63, 3.8) is 0 Å². The molecule has 0 saturated heterocycles. The van der Waals surface area contributed by atoms with Gasteiger partial charge in [0.05, 0.1) is 0 Å². The molecular formula is C25H27OP. The van der Waals surface area contributed by atoms with Crippen LogP contribution >= 0.6 is 7.92 Å². The van der Waals surface area contributed by atoms with Crippen molar-refractivity contribution >= 4 is 24.1 Å². The third kappa shape index (κ3) is 4.37. The smallest absolute Gasteiger partial charge is 0.193 e. The maximum absolute atomic E-state index is 13.8. The molecule has 3 aromatic carbocycles. The van der Waals surface area contributed by atoms with Gasteiger partial charge in [-0.25, -0.2) is 0 Å². The zero-order valence-electron chi connectivity index (χ0n) is 16.8. The molecule has 0 heterocycles. The third-order valence-corrected chi connectivity index (χ3v) is 7.03. The van der Waals surface area contributed by atoms with E-state index in [0.717, 1.165) is 21.7 Å². The number of benzene rings is 3. The Hall–Kier alpha value is -2.24. The second-order valence-corrected chi connectivity index (χ2v) is 10.2. The number of carbonyl (C=O) groups excluding carboxylic acids is 1. The van der Waals surface area contributed by atoms with Crippen molar-refractivity contribution in [3.8, 4) is 0 Å². The molecule has 2 heteroatoms. The van der Waals surface area contributed by atoms with Gasteiger partial charge in [0.2, 0.25) is 0 Å². The van der Waals surface area contributed by atoms with Crippen molar-refractivity contribution in [2.75, 3.05) is 0 Å². The molecule has 27 heavy (non-hydrogen) atoms. The van der Waals surface area contributed by atoms with Gasteiger partial charge in [-0.15, -0.1) is 0 Å².